The molecule has 1 aromatic rings. The van der Waals surface area contributed by atoms with Crippen molar-refractivity contribution in [3.05, 3.63) is 35.9 Å². The smallest absolute Gasteiger partial charge is 0.191 e. The van der Waals surface area contributed by atoms with E-state index < -0.39 is 0 Å². The van der Waals surface area contributed by atoms with Crippen molar-refractivity contribution in [1.29, 1.82) is 0 Å². The van der Waals surface area contributed by atoms with Crippen molar-refractivity contribution in [1.82, 2.24) is 10.6 Å². The van der Waals surface area contributed by atoms with Crippen LogP contribution < -0.4 is 10.6 Å². The van der Waals surface area contributed by atoms with Gasteiger partial charge in [0.2, 0.25) is 0 Å². The SMILES string of the molecule is CN=C(NCC1CCCOC1c1ccccc1)NCC1(C)CCCO1.I. The van der Waals surface area contributed by atoms with E-state index in [2.05, 4.69) is 52.9 Å². The van der Waals surface area contributed by atoms with Gasteiger partial charge < -0.3 is 20.1 Å². The molecule has 2 saturated heterocycles. The third-order valence-electron chi connectivity index (χ3n) is 5.26. The third kappa shape index (κ3) is 5.82. The van der Waals surface area contributed by atoms with Crippen LogP contribution in [0.25, 0.3) is 0 Å². The van der Waals surface area contributed by atoms with Gasteiger partial charge in [0, 0.05) is 39.3 Å². The van der Waals surface area contributed by atoms with Crippen LogP contribution in [0.1, 0.15) is 44.3 Å². The summed E-state index contributed by atoms with van der Waals surface area (Å²) < 4.78 is 11.9. The topological polar surface area (TPSA) is 54.9 Å². The number of benzene rings is 1. The Hall–Kier alpha value is -0.860. The molecule has 2 aliphatic heterocycles. The van der Waals surface area contributed by atoms with Gasteiger partial charge in [-0.15, -0.1) is 24.0 Å². The highest BCUT2D eigenvalue weighted by Gasteiger charge is 2.30. The van der Waals surface area contributed by atoms with Crippen molar-refractivity contribution < 1.29 is 9.47 Å². The molecule has 1 aromatic carbocycles. The van der Waals surface area contributed by atoms with Gasteiger partial charge in [0.05, 0.1) is 11.7 Å². The minimum Gasteiger partial charge on any atom is -0.373 e. The Morgan fingerprint density at radius 3 is 2.69 bits per heavy atom. The van der Waals surface area contributed by atoms with Gasteiger partial charge in [0.25, 0.3) is 0 Å². The van der Waals surface area contributed by atoms with E-state index in [1.165, 1.54) is 12.0 Å². The molecule has 26 heavy (non-hydrogen) atoms. The summed E-state index contributed by atoms with van der Waals surface area (Å²) in [6, 6.07) is 10.5. The van der Waals surface area contributed by atoms with Crippen LogP contribution in [0.15, 0.2) is 35.3 Å². The maximum absolute atomic E-state index is 6.08. The molecule has 5 nitrogen and oxygen atoms in total. The Bertz CT molecular complexity index is 561. The summed E-state index contributed by atoms with van der Waals surface area (Å²) in [4.78, 5) is 4.36. The molecule has 6 heteroatoms. The summed E-state index contributed by atoms with van der Waals surface area (Å²) in [7, 11) is 1.82. The zero-order valence-electron chi connectivity index (χ0n) is 15.9. The maximum Gasteiger partial charge on any atom is 0.191 e. The van der Waals surface area contributed by atoms with Crippen LogP contribution in [-0.2, 0) is 9.47 Å². The Kier molecular flexibility index (Phi) is 8.63. The number of nitrogens with zero attached hydrogens (tertiary/aromatic N) is 1. The lowest BCUT2D eigenvalue weighted by Crippen LogP contribution is -2.47. The first-order chi connectivity index (χ1) is 12.2. The van der Waals surface area contributed by atoms with Crippen LogP contribution in [0.5, 0.6) is 0 Å². The number of ether oxygens (including phenoxy) is 2. The Morgan fingerprint density at radius 1 is 1.19 bits per heavy atom. The second-order valence-electron chi connectivity index (χ2n) is 7.31. The molecule has 0 spiro atoms. The predicted molar refractivity (Wildman–Crippen MR) is 116 cm³/mol. The van der Waals surface area contributed by atoms with Crippen LogP contribution in [-0.4, -0.2) is 44.9 Å². The summed E-state index contributed by atoms with van der Waals surface area (Å²) in [6.07, 6.45) is 4.69. The molecule has 146 valence electrons. The fraction of sp³-hybridized carbons (Fsp3) is 0.650. The quantitative estimate of drug-likeness (QED) is 0.391. The van der Waals surface area contributed by atoms with Gasteiger partial charge >= 0.3 is 0 Å². The molecule has 0 saturated carbocycles. The first-order valence-corrected chi connectivity index (χ1v) is 9.45. The fourth-order valence-electron chi connectivity index (χ4n) is 3.76. The van der Waals surface area contributed by atoms with Gasteiger partial charge in [-0.05, 0) is 38.2 Å². The molecule has 0 bridgehead atoms. The molecule has 2 aliphatic rings. The van der Waals surface area contributed by atoms with E-state index >= 15 is 0 Å². The number of hydrogen-bond donors (Lipinski definition) is 2. The maximum atomic E-state index is 6.08. The molecule has 0 radical (unpaired) electrons. The van der Waals surface area contributed by atoms with Crippen LogP contribution in [0.3, 0.4) is 0 Å². The van der Waals surface area contributed by atoms with Gasteiger partial charge in [0.1, 0.15) is 0 Å². The average molecular weight is 473 g/mol. The van der Waals surface area contributed by atoms with Gasteiger partial charge in [-0.2, -0.15) is 0 Å². The molecule has 0 aromatic heterocycles. The van der Waals surface area contributed by atoms with E-state index in [9.17, 15) is 0 Å². The van der Waals surface area contributed by atoms with Crippen LogP contribution >= 0.6 is 24.0 Å². The molecule has 3 unspecified atom stereocenters. The molecule has 3 rings (SSSR count). The average Bonchev–Trinajstić information content (AvgIpc) is 3.10. The van der Waals surface area contributed by atoms with Crippen molar-refractivity contribution in [2.75, 3.05) is 33.4 Å². The second-order valence-corrected chi connectivity index (χ2v) is 7.31. The second kappa shape index (κ2) is 10.5. The van der Waals surface area contributed by atoms with Crippen molar-refractivity contribution >= 4 is 29.9 Å². The first kappa shape index (κ1) is 21.4. The molecule has 3 atom stereocenters. The number of guanidine groups is 1. The van der Waals surface area contributed by atoms with E-state index in [4.69, 9.17) is 9.47 Å². The number of halogens is 1. The van der Waals surface area contributed by atoms with Crippen LogP contribution in [0.4, 0.5) is 0 Å². The van der Waals surface area contributed by atoms with E-state index in [0.717, 1.165) is 51.5 Å². The lowest BCUT2D eigenvalue weighted by Gasteiger charge is -2.33. The first-order valence-electron chi connectivity index (χ1n) is 9.45. The van der Waals surface area contributed by atoms with Crippen molar-refractivity contribution in [2.45, 2.75) is 44.3 Å². The van der Waals surface area contributed by atoms with E-state index in [0.29, 0.717) is 5.92 Å². The number of nitrogens with one attached hydrogen (secondary N) is 2. The number of rotatable bonds is 5. The number of hydrogen-bond acceptors (Lipinski definition) is 3. The zero-order chi connectivity index (χ0) is 17.5. The van der Waals surface area contributed by atoms with Crippen molar-refractivity contribution in [3.63, 3.8) is 0 Å². The van der Waals surface area contributed by atoms with Crippen LogP contribution in [0, 0.1) is 5.92 Å². The van der Waals surface area contributed by atoms with E-state index in [1.807, 2.05) is 7.05 Å². The third-order valence-corrected chi connectivity index (χ3v) is 5.26. The lowest BCUT2D eigenvalue weighted by molar-refractivity contribution is -0.0266. The Labute approximate surface area is 174 Å². The predicted octanol–water partition coefficient (Wildman–Crippen LogP) is 3.51. The fourth-order valence-corrected chi connectivity index (χ4v) is 3.76. The highest BCUT2D eigenvalue weighted by Crippen LogP contribution is 2.33. The lowest BCUT2D eigenvalue weighted by atomic mass is 9.89. The number of aliphatic imine (C=N–C) groups is 1. The molecular formula is C20H32IN3O2. The van der Waals surface area contributed by atoms with Gasteiger partial charge in [-0.25, -0.2) is 0 Å². The highest BCUT2D eigenvalue weighted by atomic mass is 127. The summed E-state index contributed by atoms with van der Waals surface area (Å²) in [5.41, 5.74) is 1.20. The standard InChI is InChI=1S/C20H31N3O2.HI/c1-20(11-7-13-25-20)15-23-19(21-2)22-14-17-10-6-12-24-18(17)16-8-4-3-5-9-16;/h3-5,8-9,17-18H,6-7,10-15H2,1-2H3,(H2,21,22,23);1H. The minimum atomic E-state index is -0.0713. The Balaban J connectivity index is 0.00000243. The molecule has 0 aliphatic carbocycles. The van der Waals surface area contributed by atoms with E-state index in [-0.39, 0.29) is 35.7 Å². The summed E-state index contributed by atoms with van der Waals surface area (Å²) in [5, 5.41) is 6.90. The van der Waals surface area contributed by atoms with Crippen molar-refractivity contribution in [3.8, 4) is 0 Å². The van der Waals surface area contributed by atoms with Gasteiger partial charge in [0.15, 0.2) is 5.96 Å². The highest BCUT2D eigenvalue weighted by molar-refractivity contribution is 14.0. The zero-order valence-corrected chi connectivity index (χ0v) is 18.2. The Morgan fingerprint density at radius 2 is 2.00 bits per heavy atom. The monoisotopic (exact) mass is 473 g/mol. The molecular weight excluding hydrogens is 441 g/mol. The van der Waals surface area contributed by atoms with E-state index in [1.54, 1.807) is 0 Å². The summed E-state index contributed by atoms with van der Waals surface area (Å²) in [6.45, 7) is 5.52. The molecule has 2 heterocycles. The molecule has 2 fully saturated rings. The minimum absolute atomic E-state index is 0. The van der Waals surface area contributed by atoms with Gasteiger partial charge in [-0.1, -0.05) is 30.3 Å². The summed E-state index contributed by atoms with van der Waals surface area (Å²) >= 11 is 0. The van der Waals surface area contributed by atoms with Crippen molar-refractivity contribution in [2.24, 2.45) is 10.9 Å². The molecule has 0 amide bonds. The molecule has 2 N–H and O–H groups in total. The van der Waals surface area contributed by atoms with Crippen LogP contribution in [0.2, 0.25) is 0 Å². The normalized spacial score (nSPS) is 29.1. The summed E-state index contributed by atoms with van der Waals surface area (Å²) in [5.74, 6) is 1.29. The largest absolute Gasteiger partial charge is 0.373 e. The van der Waals surface area contributed by atoms with Gasteiger partial charge in [-0.3, -0.25) is 4.99 Å².